The highest BCUT2D eigenvalue weighted by Gasteiger charge is 2.68. The van der Waals surface area contributed by atoms with Crippen molar-refractivity contribution in [2.24, 2.45) is 74.9 Å². The molecule has 8 nitrogen and oxygen atoms in total. The second kappa shape index (κ2) is 11.2. The average Bonchev–Trinajstić information content (AvgIpc) is 3.41. The molecule has 0 aromatic carbocycles. The molecule has 1 spiro atoms. The van der Waals surface area contributed by atoms with Crippen molar-refractivity contribution in [1.82, 2.24) is 0 Å². The van der Waals surface area contributed by atoms with Crippen molar-refractivity contribution in [2.75, 3.05) is 19.8 Å². The van der Waals surface area contributed by atoms with E-state index in [1.807, 2.05) is 20.8 Å². The lowest BCUT2D eigenvalue weighted by Gasteiger charge is -2.62. The standard InChI is InChI=1S/C42H60O8/c1-38(2,3)35(43)48-23-39-12-30-10-31(19-39)42(32(11-30)20-39)49-33(21-46-36(44)40-13-24-4-25(14-40)6-26(5-24)15-40)34(50-42)22-47-37(45)41-16-27-7-28(17-41)9-29(8-27)18-41/h24-34H,4-23H2,1-3H3/t24?,25?,26?,27?,28?,29?,30?,31?,32?,33-,34-,39?,40?,41?,42?/m1/s1. The summed E-state index contributed by atoms with van der Waals surface area (Å²) >= 11 is 0. The molecule has 12 saturated carbocycles. The Kier molecular flexibility index (Phi) is 7.36. The van der Waals surface area contributed by atoms with Crippen LogP contribution in [-0.2, 0) is 38.1 Å². The summed E-state index contributed by atoms with van der Waals surface area (Å²) in [6.07, 6.45) is 17.6. The number of rotatable bonds is 8. The fourth-order valence-electron chi connectivity index (χ4n) is 15.4. The molecule has 13 rings (SSSR count). The molecule has 2 unspecified atom stereocenters. The molecular formula is C42H60O8. The predicted octanol–water partition coefficient (Wildman–Crippen LogP) is 7.40. The van der Waals surface area contributed by atoms with E-state index in [-0.39, 0.29) is 59.2 Å². The lowest BCUT2D eigenvalue weighted by molar-refractivity contribution is -0.317. The topological polar surface area (TPSA) is 97.4 Å². The first-order valence-electron chi connectivity index (χ1n) is 20.7. The van der Waals surface area contributed by atoms with Crippen LogP contribution in [0, 0.1) is 74.9 Å². The van der Waals surface area contributed by atoms with Crippen LogP contribution in [0.25, 0.3) is 0 Å². The van der Waals surface area contributed by atoms with E-state index in [1.54, 1.807) is 0 Å². The van der Waals surface area contributed by atoms with Crippen molar-refractivity contribution in [1.29, 1.82) is 0 Å². The summed E-state index contributed by atoms with van der Waals surface area (Å²) in [6.45, 7) is 6.50. The first-order chi connectivity index (χ1) is 23.8. The second-order valence-electron chi connectivity index (χ2n) is 21.3. The zero-order valence-corrected chi connectivity index (χ0v) is 30.8. The van der Waals surface area contributed by atoms with Gasteiger partial charge in [-0.15, -0.1) is 0 Å². The number of ether oxygens (including phenoxy) is 5. The van der Waals surface area contributed by atoms with Gasteiger partial charge in [0.2, 0.25) is 0 Å². The van der Waals surface area contributed by atoms with Gasteiger partial charge in [0.15, 0.2) is 5.79 Å². The number of hydrogen-bond donors (Lipinski definition) is 0. The van der Waals surface area contributed by atoms with Gasteiger partial charge >= 0.3 is 17.9 Å². The van der Waals surface area contributed by atoms with E-state index in [9.17, 15) is 14.4 Å². The Morgan fingerprint density at radius 1 is 0.540 bits per heavy atom. The minimum absolute atomic E-state index is 0.0323. The maximum atomic E-state index is 14.0. The van der Waals surface area contributed by atoms with Gasteiger partial charge in [-0.25, -0.2) is 0 Å². The van der Waals surface area contributed by atoms with Crippen molar-refractivity contribution in [2.45, 2.75) is 148 Å². The minimum atomic E-state index is -0.774. The third kappa shape index (κ3) is 5.20. The van der Waals surface area contributed by atoms with Gasteiger partial charge in [-0.05, 0) is 171 Å². The highest BCUT2D eigenvalue weighted by atomic mass is 16.8. The van der Waals surface area contributed by atoms with E-state index in [4.69, 9.17) is 23.7 Å². The van der Waals surface area contributed by atoms with Crippen LogP contribution in [0.15, 0.2) is 0 Å². The normalized spacial score (nSPS) is 51.8. The minimum Gasteiger partial charge on any atom is -0.465 e. The molecule has 4 atom stereocenters. The molecule has 0 aromatic rings. The molecule has 50 heavy (non-hydrogen) atoms. The Bertz CT molecular complexity index is 1270. The summed E-state index contributed by atoms with van der Waals surface area (Å²) in [6, 6.07) is 0. The molecule has 12 bridgehead atoms. The van der Waals surface area contributed by atoms with E-state index in [0.29, 0.717) is 48.0 Å². The molecule has 276 valence electrons. The van der Waals surface area contributed by atoms with Gasteiger partial charge < -0.3 is 23.7 Å². The van der Waals surface area contributed by atoms with Gasteiger partial charge in [0.05, 0.1) is 22.9 Å². The van der Waals surface area contributed by atoms with Gasteiger partial charge in [-0.1, -0.05) is 0 Å². The fraction of sp³-hybridized carbons (Fsp3) is 0.929. The van der Waals surface area contributed by atoms with Crippen molar-refractivity contribution in [3.8, 4) is 0 Å². The molecule has 0 aromatic heterocycles. The molecular weight excluding hydrogens is 632 g/mol. The lowest BCUT2D eigenvalue weighted by Crippen LogP contribution is -2.63. The highest BCUT2D eigenvalue weighted by Crippen LogP contribution is 2.67. The van der Waals surface area contributed by atoms with Crippen LogP contribution in [-0.4, -0.2) is 55.7 Å². The number of carbonyl (C=O) groups excluding carboxylic acids is 3. The van der Waals surface area contributed by atoms with Gasteiger partial charge in [0.1, 0.15) is 25.4 Å². The largest absolute Gasteiger partial charge is 0.465 e. The summed E-state index contributed by atoms with van der Waals surface area (Å²) in [5.74, 6) is 3.95. The Labute approximate surface area is 298 Å². The molecule has 1 aliphatic heterocycles. The smallest absolute Gasteiger partial charge is 0.312 e. The second-order valence-corrected chi connectivity index (χ2v) is 21.3. The zero-order chi connectivity index (χ0) is 34.3. The number of esters is 3. The Balaban J connectivity index is 0.867. The van der Waals surface area contributed by atoms with Gasteiger partial charge in [-0.3, -0.25) is 14.4 Å². The Morgan fingerprint density at radius 3 is 1.30 bits per heavy atom. The summed E-state index contributed by atoms with van der Waals surface area (Å²) in [5, 5.41) is 0. The highest BCUT2D eigenvalue weighted by molar-refractivity contribution is 5.78. The van der Waals surface area contributed by atoms with Crippen LogP contribution in [0.4, 0.5) is 0 Å². The van der Waals surface area contributed by atoms with Gasteiger partial charge in [0, 0.05) is 17.3 Å². The third-order valence-corrected chi connectivity index (χ3v) is 16.4. The van der Waals surface area contributed by atoms with Gasteiger partial charge in [0.25, 0.3) is 0 Å². The molecule has 1 heterocycles. The third-order valence-electron chi connectivity index (χ3n) is 16.4. The van der Waals surface area contributed by atoms with Crippen molar-refractivity contribution in [3.63, 3.8) is 0 Å². The molecule has 0 radical (unpaired) electrons. The van der Waals surface area contributed by atoms with Crippen molar-refractivity contribution in [3.05, 3.63) is 0 Å². The molecule has 13 aliphatic rings. The molecule has 0 amide bonds. The van der Waals surface area contributed by atoms with Gasteiger partial charge in [-0.2, -0.15) is 0 Å². The average molecular weight is 693 g/mol. The molecule has 8 heteroatoms. The maximum absolute atomic E-state index is 14.0. The zero-order valence-electron chi connectivity index (χ0n) is 30.8. The number of hydrogen-bond acceptors (Lipinski definition) is 8. The predicted molar refractivity (Wildman–Crippen MR) is 182 cm³/mol. The van der Waals surface area contributed by atoms with Crippen molar-refractivity contribution >= 4 is 17.9 Å². The van der Waals surface area contributed by atoms with Crippen LogP contribution in [0.5, 0.6) is 0 Å². The van der Waals surface area contributed by atoms with E-state index in [2.05, 4.69) is 0 Å². The molecule has 0 N–H and O–H groups in total. The van der Waals surface area contributed by atoms with Crippen LogP contribution in [0.3, 0.4) is 0 Å². The lowest BCUT2D eigenvalue weighted by atomic mass is 9.47. The molecule has 13 fully saturated rings. The maximum Gasteiger partial charge on any atom is 0.312 e. The van der Waals surface area contributed by atoms with E-state index in [1.165, 1.54) is 38.5 Å². The Hall–Kier alpha value is -1.67. The summed E-state index contributed by atoms with van der Waals surface area (Å²) in [5.41, 5.74) is -1.22. The van der Waals surface area contributed by atoms with Crippen molar-refractivity contribution < 1.29 is 38.1 Å². The number of carbonyl (C=O) groups is 3. The SMILES string of the molecule is CC(C)(C)C(=O)OCC12CC3CC(C1)C1(O[C@H](COC(=O)C45CC6CC(CC(C6)C4)C5)[C@@H](COC(=O)C45CC6CC(CC(C6)C4)C5)O1)C(C3)C2. The fourth-order valence-corrected chi connectivity index (χ4v) is 15.4. The van der Waals surface area contributed by atoms with Crippen LogP contribution in [0.1, 0.15) is 130 Å². The molecule has 12 aliphatic carbocycles. The summed E-state index contributed by atoms with van der Waals surface area (Å²) in [7, 11) is 0. The van der Waals surface area contributed by atoms with E-state index in [0.717, 1.165) is 70.6 Å². The monoisotopic (exact) mass is 692 g/mol. The van der Waals surface area contributed by atoms with Crippen LogP contribution >= 0.6 is 0 Å². The summed E-state index contributed by atoms with van der Waals surface area (Å²) in [4.78, 5) is 40.8. The Morgan fingerprint density at radius 2 is 0.920 bits per heavy atom. The first kappa shape index (κ1) is 32.9. The molecule has 1 saturated heterocycles. The summed E-state index contributed by atoms with van der Waals surface area (Å²) < 4.78 is 32.8. The quantitative estimate of drug-likeness (QED) is 0.192. The van der Waals surface area contributed by atoms with E-state index < -0.39 is 23.4 Å². The first-order valence-corrected chi connectivity index (χ1v) is 20.7. The van der Waals surface area contributed by atoms with Crippen LogP contribution < -0.4 is 0 Å². The van der Waals surface area contributed by atoms with E-state index >= 15 is 0 Å². The van der Waals surface area contributed by atoms with Crippen LogP contribution in [0.2, 0.25) is 0 Å².